The van der Waals surface area contributed by atoms with Crippen LogP contribution >= 0.6 is 0 Å². The van der Waals surface area contributed by atoms with Crippen molar-refractivity contribution in [1.82, 2.24) is 4.57 Å². The van der Waals surface area contributed by atoms with Crippen molar-refractivity contribution in [2.45, 2.75) is 0 Å². The molecule has 0 saturated heterocycles. The largest absolute Gasteiger partial charge is 0.456 e. The molecule has 0 unspecified atom stereocenters. The van der Waals surface area contributed by atoms with Crippen LogP contribution in [0.1, 0.15) is 0 Å². The van der Waals surface area contributed by atoms with Gasteiger partial charge in [-0.05, 0) is 120 Å². The molecule has 0 bridgehead atoms. The Morgan fingerprint density at radius 2 is 0.817 bits per heavy atom. The Hall–Kier alpha value is -7.94. The van der Waals surface area contributed by atoms with Gasteiger partial charge in [-0.3, -0.25) is 0 Å². The summed E-state index contributed by atoms with van der Waals surface area (Å²) in [5, 5.41) is 14.5. The molecule has 0 amide bonds. The van der Waals surface area contributed by atoms with E-state index < -0.39 is 0 Å². The second-order valence-corrected chi connectivity index (χ2v) is 16.1. The van der Waals surface area contributed by atoms with Gasteiger partial charge in [0.15, 0.2) is 0 Å². The van der Waals surface area contributed by atoms with Crippen molar-refractivity contribution >= 4 is 86.8 Å². The number of hydrogen-bond acceptors (Lipinski definition) is 1. The minimum atomic E-state index is 0.867. The summed E-state index contributed by atoms with van der Waals surface area (Å²) in [5.41, 5.74) is 12.2. The van der Waals surface area contributed by atoms with Gasteiger partial charge < -0.3 is 8.98 Å². The zero-order chi connectivity index (χ0) is 39.3. The summed E-state index contributed by atoms with van der Waals surface area (Å²) in [6.07, 6.45) is 0. The third kappa shape index (κ3) is 5.08. The smallest absolute Gasteiger partial charge is 0.137 e. The van der Waals surface area contributed by atoms with Crippen LogP contribution in [0.2, 0.25) is 0 Å². The lowest BCUT2D eigenvalue weighted by atomic mass is 9.90. The highest BCUT2D eigenvalue weighted by Gasteiger charge is 2.22. The van der Waals surface area contributed by atoms with Crippen molar-refractivity contribution in [2.24, 2.45) is 0 Å². The monoisotopic (exact) mass is 761 g/mol. The predicted molar refractivity (Wildman–Crippen MR) is 254 cm³/mol. The molecule has 0 aliphatic heterocycles. The Kier molecular flexibility index (Phi) is 7.05. The summed E-state index contributed by atoms with van der Waals surface area (Å²) in [4.78, 5) is 0. The van der Waals surface area contributed by atoms with E-state index in [9.17, 15) is 0 Å². The van der Waals surface area contributed by atoms with Crippen LogP contribution in [0.4, 0.5) is 0 Å². The summed E-state index contributed by atoms with van der Waals surface area (Å²) >= 11 is 0. The van der Waals surface area contributed by atoms with Gasteiger partial charge >= 0.3 is 0 Å². The topological polar surface area (TPSA) is 18.1 Å². The fourth-order valence-corrected chi connectivity index (χ4v) is 9.74. The molecule has 0 N–H and O–H groups in total. The second kappa shape index (κ2) is 12.8. The van der Waals surface area contributed by atoms with Crippen molar-refractivity contribution in [1.29, 1.82) is 0 Å². The lowest BCUT2D eigenvalue weighted by Gasteiger charge is -2.18. The maximum atomic E-state index is 6.72. The second-order valence-electron chi connectivity index (χ2n) is 16.1. The third-order valence-corrected chi connectivity index (χ3v) is 12.7. The quantitative estimate of drug-likeness (QED) is 0.175. The van der Waals surface area contributed by atoms with Crippen LogP contribution in [-0.4, -0.2) is 4.57 Å². The third-order valence-electron chi connectivity index (χ3n) is 12.7. The maximum absolute atomic E-state index is 6.72. The Labute approximate surface area is 345 Å². The summed E-state index contributed by atoms with van der Waals surface area (Å²) in [7, 11) is 0. The molecule has 0 saturated carbocycles. The molecule has 2 heteroatoms. The average molecular weight is 762 g/mol. The van der Waals surface area contributed by atoms with Crippen LogP contribution in [0.3, 0.4) is 0 Å². The van der Waals surface area contributed by atoms with Gasteiger partial charge in [-0.1, -0.05) is 152 Å². The van der Waals surface area contributed by atoms with Gasteiger partial charge in [0, 0.05) is 38.6 Å². The number of aromatic nitrogens is 1. The molecule has 2 aromatic heterocycles. The lowest BCUT2D eigenvalue weighted by Crippen LogP contribution is -1.99. The molecule has 0 aliphatic carbocycles. The first-order valence-corrected chi connectivity index (χ1v) is 20.6. The van der Waals surface area contributed by atoms with E-state index in [1.807, 2.05) is 0 Å². The number of benzene rings is 11. The molecular formula is C58H35NO. The fraction of sp³-hybridized carbons (Fsp3) is 0. The predicted octanol–water partition coefficient (Wildman–Crippen LogP) is 16.3. The van der Waals surface area contributed by atoms with Gasteiger partial charge in [-0.15, -0.1) is 0 Å². The van der Waals surface area contributed by atoms with Gasteiger partial charge in [0.25, 0.3) is 0 Å². The number of hydrogen-bond donors (Lipinski definition) is 0. The standard InChI is InChI=1S/C58H35NO/c1-3-14-39-27-43(23-21-36(39)11-1)45-29-46(44-24-22-37-12-2-4-15-40(37)28-44)31-47(30-45)51-34-53-49-19-9-10-20-56(49)60-57(53)35-55(51)59-54-33-42-17-6-5-16-41(42)32-52(54)50-26-25-38-13-7-8-18-48(38)58(50)59/h1-35H. The number of rotatable bonds is 4. The van der Waals surface area contributed by atoms with Gasteiger partial charge in [0.05, 0.1) is 16.7 Å². The molecule has 13 aromatic rings. The molecule has 278 valence electrons. The Morgan fingerprint density at radius 3 is 1.50 bits per heavy atom. The van der Waals surface area contributed by atoms with Crippen molar-refractivity contribution in [3.05, 3.63) is 212 Å². The van der Waals surface area contributed by atoms with E-state index in [0.29, 0.717) is 0 Å². The van der Waals surface area contributed by atoms with Crippen molar-refractivity contribution in [2.75, 3.05) is 0 Å². The highest BCUT2D eigenvalue weighted by Crippen LogP contribution is 2.45. The van der Waals surface area contributed by atoms with Crippen molar-refractivity contribution in [3.63, 3.8) is 0 Å². The van der Waals surface area contributed by atoms with E-state index in [1.54, 1.807) is 0 Å². The van der Waals surface area contributed by atoms with E-state index in [4.69, 9.17) is 4.42 Å². The molecule has 2 nitrogen and oxygen atoms in total. The number of fused-ring (bicyclic) bond motifs is 11. The van der Waals surface area contributed by atoms with Crippen LogP contribution in [0.25, 0.3) is 126 Å². The summed E-state index contributed by atoms with van der Waals surface area (Å²) in [6, 6.07) is 78.0. The van der Waals surface area contributed by atoms with E-state index in [2.05, 4.69) is 217 Å². The van der Waals surface area contributed by atoms with E-state index in [0.717, 1.165) is 44.3 Å². The molecule has 11 aromatic carbocycles. The minimum absolute atomic E-state index is 0.867. The zero-order valence-electron chi connectivity index (χ0n) is 32.6. The molecule has 0 spiro atoms. The fourth-order valence-electron chi connectivity index (χ4n) is 9.74. The van der Waals surface area contributed by atoms with Crippen LogP contribution in [0.15, 0.2) is 217 Å². The Balaban J connectivity index is 1.18. The van der Waals surface area contributed by atoms with Crippen LogP contribution < -0.4 is 0 Å². The molecule has 0 atom stereocenters. The highest BCUT2D eigenvalue weighted by atomic mass is 16.3. The zero-order valence-corrected chi connectivity index (χ0v) is 32.6. The van der Waals surface area contributed by atoms with E-state index in [-0.39, 0.29) is 0 Å². The van der Waals surface area contributed by atoms with Gasteiger partial charge in [0.1, 0.15) is 11.2 Å². The van der Waals surface area contributed by atoms with E-state index >= 15 is 0 Å². The summed E-state index contributed by atoms with van der Waals surface area (Å²) < 4.78 is 9.23. The summed E-state index contributed by atoms with van der Waals surface area (Å²) in [6.45, 7) is 0. The molecular weight excluding hydrogens is 727 g/mol. The number of para-hydroxylation sites is 1. The molecule has 60 heavy (non-hydrogen) atoms. The number of furan rings is 1. The first kappa shape index (κ1) is 33.1. The highest BCUT2D eigenvalue weighted by molar-refractivity contribution is 6.21. The molecule has 0 radical (unpaired) electrons. The lowest BCUT2D eigenvalue weighted by molar-refractivity contribution is 0.668. The minimum Gasteiger partial charge on any atom is -0.456 e. The molecule has 2 heterocycles. The van der Waals surface area contributed by atoms with Gasteiger partial charge in [-0.25, -0.2) is 0 Å². The Bertz CT molecular complexity index is 3800. The molecule has 0 fully saturated rings. The van der Waals surface area contributed by atoms with E-state index in [1.165, 1.54) is 81.6 Å². The van der Waals surface area contributed by atoms with Crippen molar-refractivity contribution in [3.8, 4) is 39.1 Å². The normalized spacial score (nSPS) is 12.0. The van der Waals surface area contributed by atoms with Crippen LogP contribution in [0.5, 0.6) is 0 Å². The van der Waals surface area contributed by atoms with Gasteiger partial charge in [0.2, 0.25) is 0 Å². The SMILES string of the molecule is c1ccc2cc(-c3cc(-c4ccc5ccccc5c4)cc(-c4cc5c(cc4-n4c6cc7ccccc7cc6c6ccc7ccccc7c64)oc4ccccc45)c3)ccc2c1. The maximum Gasteiger partial charge on any atom is 0.137 e. The molecule has 0 aliphatic rings. The Morgan fingerprint density at radius 1 is 0.283 bits per heavy atom. The van der Waals surface area contributed by atoms with Gasteiger partial charge in [-0.2, -0.15) is 0 Å². The molecule has 13 rings (SSSR count). The average Bonchev–Trinajstić information content (AvgIpc) is 3.84. The first-order valence-electron chi connectivity index (χ1n) is 20.6. The van der Waals surface area contributed by atoms with Crippen molar-refractivity contribution < 1.29 is 4.42 Å². The summed E-state index contributed by atoms with van der Waals surface area (Å²) in [5.74, 6) is 0. The first-order chi connectivity index (χ1) is 29.7. The van der Waals surface area contributed by atoms with Crippen LogP contribution in [-0.2, 0) is 0 Å². The van der Waals surface area contributed by atoms with Crippen LogP contribution in [0, 0.1) is 0 Å². The number of nitrogens with zero attached hydrogens (tertiary/aromatic N) is 1.